The van der Waals surface area contributed by atoms with Crippen LogP contribution < -0.4 is 10.1 Å². The summed E-state index contributed by atoms with van der Waals surface area (Å²) in [6, 6.07) is 6.07. The molecular formula is C17H29NO3. The van der Waals surface area contributed by atoms with Crippen LogP contribution in [-0.4, -0.2) is 42.6 Å². The summed E-state index contributed by atoms with van der Waals surface area (Å²) < 4.78 is 5.67. The van der Waals surface area contributed by atoms with Crippen LogP contribution in [0.15, 0.2) is 18.2 Å². The molecular weight excluding hydrogens is 266 g/mol. The highest BCUT2D eigenvalue weighted by Crippen LogP contribution is 2.19. The number of aryl methyl sites for hydroxylation is 2. The molecule has 0 saturated heterocycles. The predicted octanol–water partition coefficient (Wildman–Crippen LogP) is 2.04. The second kappa shape index (κ2) is 9.77. The molecule has 0 aliphatic rings. The first-order valence-corrected chi connectivity index (χ1v) is 7.72. The van der Waals surface area contributed by atoms with E-state index in [9.17, 15) is 5.11 Å². The SMILES string of the molecule is Cc1ccc(C)c(OCC(O)CNCCCC(C)CO)c1. The van der Waals surface area contributed by atoms with Crippen LogP contribution in [0.5, 0.6) is 5.75 Å². The molecule has 21 heavy (non-hydrogen) atoms. The molecule has 4 heteroatoms. The van der Waals surface area contributed by atoms with Gasteiger partial charge in [-0.3, -0.25) is 0 Å². The van der Waals surface area contributed by atoms with Gasteiger partial charge in [0.1, 0.15) is 18.5 Å². The number of nitrogens with one attached hydrogen (secondary N) is 1. The van der Waals surface area contributed by atoms with E-state index in [2.05, 4.69) is 5.32 Å². The molecule has 1 rings (SSSR count). The average Bonchev–Trinajstić information content (AvgIpc) is 2.47. The zero-order valence-corrected chi connectivity index (χ0v) is 13.4. The van der Waals surface area contributed by atoms with Gasteiger partial charge in [-0.1, -0.05) is 19.1 Å². The minimum absolute atomic E-state index is 0.242. The van der Waals surface area contributed by atoms with E-state index in [1.165, 1.54) is 0 Å². The standard InChI is InChI=1S/C17H29NO3/c1-13-6-7-15(3)17(9-13)21-12-16(20)10-18-8-4-5-14(2)11-19/h6-7,9,14,16,18-20H,4-5,8,10-12H2,1-3H3. The number of aliphatic hydroxyl groups excluding tert-OH is 2. The number of rotatable bonds is 10. The van der Waals surface area contributed by atoms with E-state index in [0.29, 0.717) is 19.1 Å². The lowest BCUT2D eigenvalue weighted by atomic mass is 10.1. The van der Waals surface area contributed by atoms with Gasteiger partial charge in [0.25, 0.3) is 0 Å². The van der Waals surface area contributed by atoms with E-state index in [0.717, 1.165) is 36.3 Å². The molecule has 0 amide bonds. The van der Waals surface area contributed by atoms with Gasteiger partial charge in [0.05, 0.1) is 0 Å². The largest absolute Gasteiger partial charge is 0.491 e. The zero-order chi connectivity index (χ0) is 15.7. The molecule has 4 nitrogen and oxygen atoms in total. The van der Waals surface area contributed by atoms with Gasteiger partial charge in [-0.15, -0.1) is 0 Å². The fourth-order valence-corrected chi connectivity index (χ4v) is 2.04. The Hall–Kier alpha value is -1.10. The summed E-state index contributed by atoms with van der Waals surface area (Å²) in [5.74, 6) is 1.19. The van der Waals surface area contributed by atoms with Crippen molar-refractivity contribution < 1.29 is 14.9 Å². The number of hydrogen-bond donors (Lipinski definition) is 3. The molecule has 0 fully saturated rings. The Morgan fingerprint density at radius 1 is 1.29 bits per heavy atom. The Morgan fingerprint density at radius 2 is 2.05 bits per heavy atom. The van der Waals surface area contributed by atoms with E-state index < -0.39 is 6.10 Å². The normalized spacial score (nSPS) is 14.0. The minimum Gasteiger partial charge on any atom is -0.491 e. The summed E-state index contributed by atoms with van der Waals surface area (Å²) in [4.78, 5) is 0. The van der Waals surface area contributed by atoms with Crippen molar-refractivity contribution in [1.29, 1.82) is 0 Å². The summed E-state index contributed by atoms with van der Waals surface area (Å²) >= 11 is 0. The van der Waals surface area contributed by atoms with Crippen molar-refractivity contribution in [2.24, 2.45) is 5.92 Å². The van der Waals surface area contributed by atoms with Gasteiger partial charge in [-0.25, -0.2) is 0 Å². The Labute approximate surface area is 128 Å². The first-order chi connectivity index (χ1) is 10.0. The molecule has 0 saturated carbocycles. The first kappa shape index (κ1) is 18.0. The number of ether oxygens (including phenoxy) is 1. The van der Waals surface area contributed by atoms with Crippen molar-refractivity contribution in [2.75, 3.05) is 26.3 Å². The van der Waals surface area contributed by atoms with Crippen molar-refractivity contribution in [3.63, 3.8) is 0 Å². The minimum atomic E-state index is -0.514. The highest BCUT2D eigenvalue weighted by molar-refractivity contribution is 5.35. The molecule has 2 unspecified atom stereocenters. The van der Waals surface area contributed by atoms with Crippen molar-refractivity contribution in [3.8, 4) is 5.75 Å². The van der Waals surface area contributed by atoms with Crippen molar-refractivity contribution in [3.05, 3.63) is 29.3 Å². The second-order valence-electron chi connectivity index (χ2n) is 5.87. The van der Waals surface area contributed by atoms with E-state index in [-0.39, 0.29) is 6.61 Å². The number of aliphatic hydroxyl groups is 2. The molecule has 120 valence electrons. The lowest BCUT2D eigenvalue weighted by Crippen LogP contribution is -2.32. The molecule has 0 aliphatic carbocycles. The van der Waals surface area contributed by atoms with Crippen LogP contribution in [0, 0.1) is 19.8 Å². The van der Waals surface area contributed by atoms with Crippen LogP contribution in [0.4, 0.5) is 0 Å². The summed E-state index contributed by atoms with van der Waals surface area (Å²) in [6.45, 7) is 7.98. The van der Waals surface area contributed by atoms with Crippen molar-refractivity contribution in [2.45, 2.75) is 39.7 Å². The molecule has 3 N–H and O–H groups in total. The molecule has 2 atom stereocenters. The van der Waals surface area contributed by atoms with Gasteiger partial charge < -0.3 is 20.3 Å². The van der Waals surface area contributed by atoms with Gasteiger partial charge >= 0.3 is 0 Å². The van der Waals surface area contributed by atoms with Crippen molar-refractivity contribution >= 4 is 0 Å². The molecule has 0 spiro atoms. The maximum absolute atomic E-state index is 9.90. The molecule has 0 bridgehead atoms. The van der Waals surface area contributed by atoms with Gasteiger partial charge in [0, 0.05) is 13.2 Å². The quantitative estimate of drug-likeness (QED) is 0.578. The Balaban J connectivity index is 2.16. The average molecular weight is 295 g/mol. The maximum Gasteiger partial charge on any atom is 0.122 e. The van der Waals surface area contributed by atoms with Gasteiger partial charge in [0.15, 0.2) is 0 Å². The van der Waals surface area contributed by atoms with Gasteiger partial charge in [-0.05, 0) is 56.3 Å². The topological polar surface area (TPSA) is 61.7 Å². The van der Waals surface area contributed by atoms with E-state index in [1.807, 2.05) is 39.0 Å². The fourth-order valence-electron chi connectivity index (χ4n) is 2.04. The van der Waals surface area contributed by atoms with Crippen LogP contribution in [0.25, 0.3) is 0 Å². The lowest BCUT2D eigenvalue weighted by Gasteiger charge is -2.15. The first-order valence-electron chi connectivity index (χ1n) is 7.72. The third kappa shape index (κ3) is 7.46. The third-order valence-corrected chi connectivity index (χ3v) is 3.52. The summed E-state index contributed by atoms with van der Waals surface area (Å²) in [5.41, 5.74) is 2.24. The smallest absolute Gasteiger partial charge is 0.122 e. The summed E-state index contributed by atoms with van der Waals surface area (Å²) in [5, 5.41) is 22.0. The van der Waals surface area contributed by atoms with Gasteiger partial charge in [-0.2, -0.15) is 0 Å². The predicted molar refractivity (Wildman–Crippen MR) is 85.8 cm³/mol. The maximum atomic E-state index is 9.90. The van der Waals surface area contributed by atoms with Gasteiger partial charge in [0.2, 0.25) is 0 Å². The molecule has 1 aromatic rings. The second-order valence-corrected chi connectivity index (χ2v) is 5.87. The van der Waals surface area contributed by atoms with Crippen molar-refractivity contribution in [1.82, 2.24) is 5.32 Å². The molecule has 0 aliphatic heterocycles. The lowest BCUT2D eigenvalue weighted by molar-refractivity contribution is 0.106. The van der Waals surface area contributed by atoms with Crippen LogP contribution in [0.1, 0.15) is 30.9 Å². The monoisotopic (exact) mass is 295 g/mol. The molecule has 0 heterocycles. The Bertz CT molecular complexity index is 409. The van der Waals surface area contributed by atoms with Crippen LogP contribution in [0.2, 0.25) is 0 Å². The van der Waals surface area contributed by atoms with E-state index >= 15 is 0 Å². The summed E-state index contributed by atoms with van der Waals surface area (Å²) in [7, 11) is 0. The number of benzene rings is 1. The van der Waals surface area contributed by atoms with E-state index in [1.54, 1.807) is 0 Å². The summed E-state index contributed by atoms with van der Waals surface area (Å²) in [6.07, 6.45) is 1.49. The molecule has 1 aromatic carbocycles. The van der Waals surface area contributed by atoms with Crippen LogP contribution >= 0.6 is 0 Å². The zero-order valence-electron chi connectivity index (χ0n) is 13.4. The highest BCUT2D eigenvalue weighted by atomic mass is 16.5. The van der Waals surface area contributed by atoms with Crippen LogP contribution in [-0.2, 0) is 0 Å². The Morgan fingerprint density at radius 3 is 2.76 bits per heavy atom. The Kier molecular flexibility index (Phi) is 8.35. The molecule has 0 aromatic heterocycles. The number of hydrogen-bond acceptors (Lipinski definition) is 4. The fraction of sp³-hybridized carbons (Fsp3) is 0.647. The molecule has 0 radical (unpaired) electrons. The van der Waals surface area contributed by atoms with Crippen LogP contribution in [0.3, 0.4) is 0 Å². The highest BCUT2D eigenvalue weighted by Gasteiger charge is 2.07. The third-order valence-electron chi connectivity index (χ3n) is 3.52. The van der Waals surface area contributed by atoms with E-state index in [4.69, 9.17) is 9.84 Å².